The summed E-state index contributed by atoms with van der Waals surface area (Å²) in [6, 6.07) is 6.55. The van der Waals surface area contributed by atoms with E-state index in [-0.39, 0.29) is 10.8 Å². The van der Waals surface area contributed by atoms with Gasteiger partial charge in [0.25, 0.3) is 10.1 Å². The molecule has 2 unspecified atom stereocenters. The third-order valence-corrected chi connectivity index (χ3v) is 3.99. The summed E-state index contributed by atoms with van der Waals surface area (Å²) in [6.45, 7) is 3.00. The van der Waals surface area contributed by atoms with Crippen LogP contribution in [0.5, 0.6) is 0 Å². The number of rotatable bonds is 1. The Morgan fingerprint density at radius 2 is 2.17 bits per heavy atom. The van der Waals surface area contributed by atoms with Crippen molar-refractivity contribution in [1.29, 1.82) is 0 Å². The number of carbonyl (C=O) groups is 1. The average molecular weight is 270 g/mol. The van der Waals surface area contributed by atoms with Gasteiger partial charge >= 0.3 is 5.97 Å². The molecule has 1 aromatic rings. The normalized spacial score (nSPS) is 25.9. The van der Waals surface area contributed by atoms with E-state index >= 15 is 0 Å². The largest absolute Gasteiger partial charge is 0.434 e. The number of hydrogen-bond acceptors (Lipinski definition) is 5. The first-order valence-corrected chi connectivity index (χ1v) is 6.99. The van der Waals surface area contributed by atoms with E-state index in [2.05, 4.69) is 0 Å². The highest BCUT2D eigenvalue weighted by Crippen LogP contribution is 2.26. The molecule has 0 aromatic heterocycles. The molecule has 0 amide bonds. The van der Waals surface area contributed by atoms with Gasteiger partial charge in [0, 0.05) is 12.8 Å². The minimum absolute atomic E-state index is 0.0871. The van der Waals surface area contributed by atoms with Crippen LogP contribution in [0.1, 0.15) is 19.4 Å². The summed E-state index contributed by atoms with van der Waals surface area (Å²) in [7, 11) is -3.89. The van der Waals surface area contributed by atoms with Crippen molar-refractivity contribution in [2.45, 2.75) is 31.5 Å². The van der Waals surface area contributed by atoms with Crippen LogP contribution in [0.2, 0.25) is 0 Å². The molecular formula is C12H14O5S. The molecule has 2 rings (SSSR count). The molecule has 0 spiro atoms. The highest BCUT2D eigenvalue weighted by molar-refractivity contribution is 7.86. The zero-order chi connectivity index (χ0) is 13.3. The maximum Gasteiger partial charge on any atom is 0.304 e. The van der Waals surface area contributed by atoms with E-state index in [1.807, 2.05) is 6.07 Å². The third-order valence-electron chi connectivity index (χ3n) is 2.71. The number of ether oxygens (including phenoxy) is 1. The number of carbonyl (C=O) groups excluding carboxylic acids is 1. The number of benzene rings is 1. The Bertz CT molecular complexity index is 564. The summed E-state index contributed by atoms with van der Waals surface area (Å²) >= 11 is 0. The van der Waals surface area contributed by atoms with Gasteiger partial charge in [-0.25, -0.2) is 4.18 Å². The molecule has 0 N–H and O–H groups in total. The van der Waals surface area contributed by atoms with Gasteiger partial charge < -0.3 is 4.74 Å². The molecule has 0 aliphatic carbocycles. The maximum atomic E-state index is 11.9. The topological polar surface area (TPSA) is 69.7 Å². The molecule has 2 atom stereocenters. The fourth-order valence-electron chi connectivity index (χ4n) is 1.87. The maximum absolute atomic E-state index is 11.9. The van der Waals surface area contributed by atoms with Gasteiger partial charge in [-0.05, 0) is 24.1 Å². The number of fused-ring (bicyclic) bond motifs is 2. The number of hydrogen-bond donors (Lipinski definition) is 0. The molecule has 0 fully saturated rings. The zero-order valence-electron chi connectivity index (χ0n) is 10.1. The fourth-order valence-corrected chi connectivity index (χ4v) is 3.00. The van der Waals surface area contributed by atoms with Crippen LogP contribution < -0.4 is 0 Å². The zero-order valence-corrected chi connectivity index (χ0v) is 10.9. The van der Waals surface area contributed by atoms with Gasteiger partial charge in [0.1, 0.15) is 0 Å². The van der Waals surface area contributed by atoms with Crippen LogP contribution in [0.25, 0.3) is 0 Å². The van der Waals surface area contributed by atoms with Crippen LogP contribution >= 0.6 is 0 Å². The first kappa shape index (κ1) is 13.0. The molecule has 5 nitrogen and oxygen atoms in total. The smallest absolute Gasteiger partial charge is 0.304 e. The lowest BCUT2D eigenvalue weighted by Crippen LogP contribution is -2.32. The highest BCUT2D eigenvalue weighted by Gasteiger charge is 2.31. The lowest BCUT2D eigenvalue weighted by molar-refractivity contribution is -0.167. The molecule has 1 heterocycles. The number of esters is 1. The molecule has 18 heavy (non-hydrogen) atoms. The predicted molar refractivity (Wildman–Crippen MR) is 63.1 cm³/mol. The molecule has 0 saturated heterocycles. The molecule has 2 bridgehead atoms. The van der Waals surface area contributed by atoms with Gasteiger partial charge in [0.15, 0.2) is 0 Å². The van der Waals surface area contributed by atoms with E-state index in [0.717, 1.165) is 5.56 Å². The van der Waals surface area contributed by atoms with Crippen molar-refractivity contribution in [3.63, 3.8) is 0 Å². The molecule has 1 aromatic carbocycles. The molecular weight excluding hydrogens is 256 g/mol. The Hall–Kier alpha value is -1.40. The summed E-state index contributed by atoms with van der Waals surface area (Å²) in [5.74, 6) is -0.800. The van der Waals surface area contributed by atoms with Crippen molar-refractivity contribution in [1.82, 2.24) is 0 Å². The van der Waals surface area contributed by atoms with Crippen LogP contribution in [-0.4, -0.2) is 20.7 Å². The van der Waals surface area contributed by atoms with Crippen LogP contribution in [0.15, 0.2) is 29.2 Å². The molecule has 0 saturated carbocycles. The second-order valence-electron chi connectivity index (χ2n) is 4.36. The fraction of sp³-hybridized carbons (Fsp3) is 0.417. The quantitative estimate of drug-likeness (QED) is 0.571. The Labute approximate surface area is 106 Å². The van der Waals surface area contributed by atoms with Gasteiger partial charge in [-0.15, -0.1) is 0 Å². The molecule has 0 radical (unpaired) electrons. The van der Waals surface area contributed by atoms with E-state index in [1.54, 1.807) is 19.1 Å². The van der Waals surface area contributed by atoms with Crippen LogP contribution in [0.4, 0.5) is 0 Å². The minimum atomic E-state index is -3.89. The molecule has 1 aliphatic rings. The Balaban J connectivity index is 2.41. The van der Waals surface area contributed by atoms with Gasteiger partial charge in [0.2, 0.25) is 6.29 Å². The summed E-state index contributed by atoms with van der Waals surface area (Å²) in [6.07, 6.45) is -0.493. The van der Waals surface area contributed by atoms with Crippen molar-refractivity contribution in [2.75, 3.05) is 0 Å². The lowest BCUT2D eigenvalue weighted by atomic mass is 10.0. The first-order valence-electron chi connectivity index (χ1n) is 5.58. The second kappa shape index (κ2) is 4.70. The van der Waals surface area contributed by atoms with Gasteiger partial charge in [-0.3, -0.25) is 4.79 Å². The lowest BCUT2D eigenvalue weighted by Gasteiger charge is -2.25. The van der Waals surface area contributed by atoms with E-state index in [4.69, 9.17) is 8.92 Å². The van der Waals surface area contributed by atoms with Crippen LogP contribution in [0.3, 0.4) is 0 Å². The predicted octanol–water partition coefficient (Wildman–Crippen LogP) is 1.47. The average Bonchev–Trinajstić information content (AvgIpc) is 2.26. The third kappa shape index (κ3) is 2.70. The van der Waals surface area contributed by atoms with Crippen molar-refractivity contribution in [3.8, 4) is 0 Å². The Kier molecular flexibility index (Phi) is 3.41. The monoisotopic (exact) mass is 270 g/mol. The van der Waals surface area contributed by atoms with Gasteiger partial charge in [-0.2, -0.15) is 8.42 Å². The van der Waals surface area contributed by atoms with E-state index in [9.17, 15) is 13.2 Å². The summed E-state index contributed by atoms with van der Waals surface area (Å²) < 4.78 is 33.8. The van der Waals surface area contributed by atoms with Gasteiger partial charge in [-0.1, -0.05) is 19.1 Å². The molecule has 1 aliphatic heterocycles. The van der Waals surface area contributed by atoms with Crippen molar-refractivity contribution in [2.24, 2.45) is 5.92 Å². The van der Waals surface area contributed by atoms with Crippen LogP contribution in [-0.2, 0) is 30.3 Å². The highest BCUT2D eigenvalue weighted by atomic mass is 32.2. The molecule has 6 heteroatoms. The SMILES string of the molecule is CC(=O)OC1OS(=O)(=O)c2cccc(c2)CC1C. The van der Waals surface area contributed by atoms with Crippen molar-refractivity contribution in [3.05, 3.63) is 29.8 Å². The summed E-state index contributed by atoms with van der Waals surface area (Å²) in [5, 5.41) is 0. The van der Waals surface area contributed by atoms with E-state index in [1.165, 1.54) is 13.0 Å². The molecule has 98 valence electrons. The van der Waals surface area contributed by atoms with Gasteiger partial charge in [0.05, 0.1) is 4.90 Å². The minimum Gasteiger partial charge on any atom is -0.434 e. The first-order chi connectivity index (χ1) is 8.38. The van der Waals surface area contributed by atoms with E-state index in [0.29, 0.717) is 6.42 Å². The second-order valence-corrected chi connectivity index (χ2v) is 5.93. The van der Waals surface area contributed by atoms with Crippen LogP contribution in [0, 0.1) is 5.92 Å². The Morgan fingerprint density at radius 1 is 1.44 bits per heavy atom. The van der Waals surface area contributed by atoms with Crippen molar-refractivity contribution < 1.29 is 22.1 Å². The van der Waals surface area contributed by atoms with Crippen molar-refractivity contribution >= 4 is 16.1 Å². The standard InChI is InChI=1S/C12H14O5S/c1-8-6-10-4-3-5-11(7-10)18(14,15)17-12(8)16-9(2)13/h3-5,7-8,12H,6H2,1-2H3. The Morgan fingerprint density at radius 3 is 2.83 bits per heavy atom. The van der Waals surface area contributed by atoms with E-state index < -0.39 is 22.4 Å². The summed E-state index contributed by atoms with van der Waals surface area (Å²) in [4.78, 5) is 11.1. The summed E-state index contributed by atoms with van der Waals surface area (Å²) in [5.41, 5.74) is 0.879.